The van der Waals surface area contributed by atoms with Crippen LogP contribution in [-0.4, -0.2) is 39.3 Å². The standard InChI is InChI=1S/C20H21ClN2O4/c1-2-3-9-20(22-16(12-24)18(21)23-20)11-13-4-6-14(7-5-13)17-15(19(25)26)8-10-27-17/h4-8,10,24H,2-3,9,11-12H2,1H3,(H,25,26). The van der Waals surface area contributed by atoms with Crippen LogP contribution in [0.3, 0.4) is 0 Å². The smallest absolute Gasteiger partial charge is 0.339 e. The Morgan fingerprint density at radius 3 is 2.56 bits per heavy atom. The number of aliphatic hydroxyl groups is 1. The Morgan fingerprint density at radius 2 is 1.96 bits per heavy atom. The Morgan fingerprint density at radius 1 is 1.22 bits per heavy atom. The van der Waals surface area contributed by atoms with Gasteiger partial charge in [-0.05, 0) is 24.5 Å². The summed E-state index contributed by atoms with van der Waals surface area (Å²) in [7, 11) is 0. The highest BCUT2D eigenvalue weighted by molar-refractivity contribution is 6.84. The lowest BCUT2D eigenvalue weighted by Crippen LogP contribution is -2.25. The first-order valence-corrected chi connectivity index (χ1v) is 9.21. The third-order valence-corrected chi connectivity index (χ3v) is 4.87. The fraction of sp³-hybridized carbons (Fsp3) is 0.350. The predicted molar refractivity (Wildman–Crippen MR) is 105 cm³/mol. The van der Waals surface area contributed by atoms with Crippen LogP contribution in [0.5, 0.6) is 0 Å². The van der Waals surface area contributed by atoms with Gasteiger partial charge in [0.15, 0.2) is 5.66 Å². The average Bonchev–Trinajstić information content (AvgIpc) is 3.26. The van der Waals surface area contributed by atoms with Crippen LogP contribution in [0.4, 0.5) is 0 Å². The average molecular weight is 389 g/mol. The summed E-state index contributed by atoms with van der Waals surface area (Å²) in [6.07, 6.45) is 4.62. The molecule has 0 saturated carbocycles. The lowest BCUT2D eigenvalue weighted by molar-refractivity contribution is 0.0697. The third kappa shape index (κ3) is 4.12. The number of unbranched alkanes of at least 4 members (excludes halogenated alkanes) is 1. The van der Waals surface area contributed by atoms with Gasteiger partial charge in [-0.3, -0.25) is 4.99 Å². The Labute approximate surface area is 162 Å². The molecule has 0 spiro atoms. The van der Waals surface area contributed by atoms with E-state index >= 15 is 0 Å². The molecule has 0 radical (unpaired) electrons. The quantitative estimate of drug-likeness (QED) is 0.709. The first-order valence-electron chi connectivity index (χ1n) is 8.83. The van der Waals surface area contributed by atoms with Gasteiger partial charge >= 0.3 is 5.97 Å². The van der Waals surface area contributed by atoms with E-state index in [0.717, 1.165) is 24.8 Å². The summed E-state index contributed by atoms with van der Waals surface area (Å²) >= 11 is 6.14. The highest BCUT2D eigenvalue weighted by Crippen LogP contribution is 2.32. The zero-order valence-corrected chi connectivity index (χ0v) is 15.7. The zero-order chi connectivity index (χ0) is 19.4. The highest BCUT2D eigenvalue weighted by Gasteiger charge is 2.35. The molecule has 7 heteroatoms. The Kier molecular flexibility index (Phi) is 5.77. The molecule has 2 N–H and O–H groups in total. The van der Waals surface area contributed by atoms with Crippen LogP contribution >= 0.6 is 11.6 Å². The van der Waals surface area contributed by atoms with Crippen molar-refractivity contribution in [3.8, 4) is 11.3 Å². The van der Waals surface area contributed by atoms with Crippen LogP contribution in [-0.2, 0) is 6.42 Å². The van der Waals surface area contributed by atoms with Crippen LogP contribution in [0.25, 0.3) is 11.3 Å². The molecule has 1 aromatic carbocycles. The molecule has 0 saturated heterocycles. The highest BCUT2D eigenvalue weighted by atomic mass is 35.5. The van der Waals surface area contributed by atoms with Gasteiger partial charge in [-0.15, -0.1) is 0 Å². The summed E-state index contributed by atoms with van der Waals surface area (Å²) in [5.74, 6) is -0.695. The lowest BCUT2D eigenvalue weighted by Gasteiger charge is -2.23. The first kappa shape index (κ1) is 19.3. The topological polar surface area (TPSA) is 95.4 Å². The van der Waals surface area contributed by atoms with E-state index in [1.807, 2.05) is 24.3 Å². The van der Waals surface area contributed by atoms with Gasteiger partial charge in [0, 0.05) is 12.0 Å². The van der Waals surface area contributed by atoms with Crippen molar-refractivity contribution in [1.82, 2.24) is 0 Å². The van der Waals surface area contributed by atoms with Gasteiger partial charge in [0.25, 0.3) is 0 Å². The monoisotopic (exact) mass is 388 g/mol. The van der Waals surface area contributed by atoms with E-state index in [9.17, 15) is 15.0 Å². The number of furan rings is 1. The maximum absolute atomic E-state index is 11.3. The number of aliphatic hydroxyl groups excluding tert-OH is 1. The number of carboxylic acids is 1. The third-order valence-electron chi connectivity index (χ3n) is 4.57. The molecule has 0 fully saturated rings. The maximum Gasteiger partial charge on any atom is 0.339 e. The number of hydrogen-bond acceptors (Lipinski definition) is 5. The van der Waals surface area contributed by atoms with Crippen molar-refractivity contribution in [2.45, 2.75) is 38.3 Å². The molecule has 0 amide bonds. The van der Waals surface area contributed by atoms with Gasteiger partial charge in [-0.1, -0.05) is 49.2 Å². The molecule has 27 heavy (non-hydrogen) atoms. The van der Waals surface area contributed by atoms with Crippen LogP contribution in [0.1, 0.15) is 42.1 Å². The largest absolute Gasteiger partial charge is 0.478 e. The van der Waals surface area contributed by atoms with Crippen LogP contribution in [0.2, 0.25) is 0 Å². The summed E-state index contributed by atoms with van der Waals surface area (Å²) in [5.41, 5.74) is 1.55. The SMILES string of the molecule is CCCCC1(Cc2ccc(-c3occc3C(=O)O)cc2)N=C(Cl)C(CO)=N1. The molecule has 1 aliphatic rings. The molecular formula is C20H21ClN2O4. The number of hydrogen-bond donors (Lipinski definition) is 2. The van der Waals surface area contributed by atoms with E-state index in [1.54, 1.807) is 0 Å². The number of carboxylic acid groups (broad SMARTS) is 1. The van der Waals surface area contributed by atoms with Crippen molar-refractivity contribution in [3.05, 3.63) is 47.7 Å². The van der Waals surface area contributed by atoms with Crippen molar-refractivity contribution in [2.24, 2.45) is 9.98 Å². The van der Waals surface area contributed by atoms with Crippen molar-refractivity contribution in [3.63, 3.8) is 0 Å². The summed E-state index contributed by atoms with van der Waals surface area (Å²) in [4.78, 5) is 20.4. The molecule has 2 heterocycles. The Balaban J connectivity index is 1.85. The van der Waals surface area contributed by atoms with E-state index in [0.29, 0.717) is 23.5 Å². The normalized spacial score (nSPS) is 19.1. The van der Waals surface area contributed by atoms with Gasteiger partial charge in [-0.2, -0.15) is 0 Å². The summed E-state index contributed by atoms with van der Waals surface area (Å²) in [6, 6.07) is 8.90. The Hall–Kier alpha value is -2.44. The number of benzene rings is 1. The second-order valence-corrected chi connectivity index (χ2v) is 6.91. The van der Waals surface area contributed by atoms with E-state index in [2.05, 4.69) is 16.9 Å². The number of carbonyl (C=O) groups is 1. The summed E-state index contributed by atoms with van der Waals surface area (Å²) in [6.45, 7) is 1.87. The molecule has 3 rings (SSSR count). The van der Waals surface area contributed by atoms with Crippen molar-refractivity contribution in [1.29, 1.82) is 0 Å². The number of halogens is 1. The van der Waals surface area contributed by atoms with Gasteiger partial charge in [-0.25, -0.2) is 9.79 Å². The summed E-state index contributed by atoms with van der Waals surface area (Å²) in [5, 5.41) is 18.9. The van der Waals surface area contributed by atoms with E-state index < -0.39 is 11.6 Å². The number of rotatable bonds is 8. The second kappa shape index (κ2) is 8.06. The van der Waals surface area contributed by atoms with Gasteiger partial charge < -0.3 is 14.6 Å². The number of nitrogens with zero attached hydrogens (tertiary/aromatic N) is 2. The number of aromatic carboxylic acids is 1. The second-order valence-electron chi connectivity index (χ2n) is 6.55. The first-order chi connectivity index (χ1) is 13.0. The number of aliphatic imine (C=N–C) groups is 2. The van der Waals surface area contributed by atoms with Gasteiger partial charge in [0.2, 0.25) is 0 Å². The van der Waals surface area contributed by atoms with Crippen molar-refractivity contribution < 1.29 is 19.4 Å². The fourth-order valence-electron chi connectivity index (χ4n) is 3.21. The van der Waals surface area contributed by atoms with E-state index in [-0.39, 0.29) is 17.3 Å². The molecule has 0 bridgehead atoms. The minimum Gasteiger partial charge on any atom is -0.478 e. The minimum absolute atomic E-state index is 0.131. The zero-order valence-electron chi connectivity index (χ0n) is 15.0. The lowest BCUT2D eigenvalue weighted by atomic mass is 9.94. The molecule has 1 unspecified atom stereocenters. The van der Waals surface area contributed by atoms with Crippen LogP contribution in [0, 0.1) is 0 Å². The molecule has 2 aromatic rings. The van der Waals surface area contributed by atoms with Crippen molar-refractivity contribution >= 4 is 28.5 Å². The van der Waals surface area contributed by atoms with Crippen molar-refractivity contribution in [2.75, 3.05) is 6.61 Å². The van der Waals surface area contributed by atoms with Crippen LogP contribution < -0.4 is 0 Å². The maximum atomic E-state index is 11.3. The summed E-state index contributed by atoms with van der Waals surface area (Å²) < 4.78 is 5.33. The van der Waals surface area contributed by atoms with Gasteiger partial charge in [0.05, 0.1) is 12.9 Å². The molecule has 0 aliphatic carbocycles. The molecule has 6 nitrogen and oxygen atoms in total. The van der Waals surface area contributed by atoms with E-state index in [1.165, 1.54) is 12.3 Å². The minimum atomic E-state index is -1.03. The predicted octanol–water partition coefficient (Wildman–Crippen LogP) is 4.16. The van der Waals surface area contributed by atoms with Crippen LogP contribution in [0.15, 0.2) is 51.0 Å². The van der Waals surface area contributed by atoms with Gasteiger partial charge in [0.1, 0.15) is 22.2 Å². The molecule has 1 aliphatic heterocycles. The Bertz CT molecular complexity index is 886. The molecule has 1 atom stereocenters. The van der Waals surface area contributed by atoms with E-state index in [4.69, 9.17) is 16.0 Å². The fourth-order valence-corrected chi connectivity index (χ4v) is 3.47. The molecule has 1 aromatic heterocycles. The molecule has 142 valence electrons. The molecular weight excluding hydrogens is 368 g/mol.